The van der Waals surface area contributed by atoms with E-state index in [1.807, 2.05) is 0 Å². The first-order valence-corrected chi connectivity index (χ1v) is 8.00. The molecule has 0 aromatic carbocycles. The maximum atomic E-state index is 12.0. The van der Waals surface area contributed by atoms with E-state index in [2.05, 4.69) is 5.32 Å². The lowest BCUT2D eigenvalue weighted by atomic mass is 10.3. The summed E-state index contributed by atoms with van der Waals surface area (Å²) >= 11 is 0.921. The third kappa shape index (κ3) is 4.75. The highest BCUT2D eigenvalue weighted by Crippen LogP contribution is 2.23. The lowest BCUT2D eigenvalue weighted by Gasteiger charge is -2.07. The summed E-state index contributed by atoms with van der Waals surface area (Å²) in [5.41, 5.74) is 0.768. The Morgan fingerprint density at radius 3 is 2.63 bits per heavy atom. The molecular formula is C10H13F3N2O2S2. The van der Waals surface area contributed by atoms with Crippen molar-refractivity contribution in [1.82, 2.24) is 10.0 Å². The van der Waals surface area contributed by atoms with Gasteiger partial charge in [0.2, 0.25) is 10.0 Å². The zero-order chi connectivity index (χ0) is 14.1. The SMILES string of the molecule is O=S(=O)(NCC(F)(F)F)c1cc(CNC2CC2)cs1. The van der Waals surface area contributed by atoms with Crippen LogP contribution in [0, 0.1) is 0 Å². The number of hydrogen-bond acceptors (Lipinski definition) is 4. The molecule has 1 aromatic heterocycles. The van der Waals surface area contributed by atoms with E-state index in [9.17, 15) is 21.6 Å². The molecule has 0 saturated heterocycles. The Kier molecular flexibility index (Phi) is 4.19. The molecule has 1 aromatic rings. The van der Waals surface area contributed by atoms with E-state index in [1.165, 1.54) is 6.07 Å². The quantitative estimate of drug-likeness (QED) is 0.842. The average molecular weight is 314 g/mol. The molecule has 0 unspecified atom stereocenters. The number of nitrogens with one attached hydrogen (secondary N) is 2. The zero-order valence-electron chi connectivity index (χ0n) is 9.83. The first-order chi connectivity index (χ1) is 8.76. The van der Waals surface area contributed by atoms with E-state index >= 15 is 0 Å². The molecule has 0 bridgehead atoms. The van der Waals surface area contributed by atoms with Gasteiger partial charge in [-0.2, -0.15) is 13.2 Å². The third-order valence-electron chi connectivity index (χ3n) is 2.53. The Balaban J connectivity index is 1.95. The molecule has 108 valence electrons. The van der Waals surface area contributed by atoms with E-state index < -0.39 is 22.7 Å². The molecule has 4 nitrogen and oxygen atoms in total. The third-order valence-corrected chi connectivity index (χ3v) is 5.42. The van der Waals surface area contributed by atoms with Crippen LogP contribution < -0.4 is 10.0 Å². The topological polar surface area (TPSA) is 58.2 Å². The Hall–Kier alpha value is -0.640. The van der Waals surface area contributed by atoms with Gasteiger partial charge in [0.1, 0.15) is 10.8 Å². The fourth-order valence-corrected chi connectivity index (χ4v) is 3.65. The summed E-state index contributed by atoms with van der Waals surface area (Å²) in [5.74, 6) is 0. The standard InChI is InChI=1S/C10H13F3N2O2S2/c11-10(12,13)6-15-19(16,17)9-3-7(5-18-9)4-14-8-1-2-8/h3,5,8,14-15H,1-2,4,6H2. The summed E-state index contributed by atoms with van der Waals surface area (Å²) in [6.07, 6.45) is -2.33. The summed E-state index contributed by atoms with van der Waals surface area (Å²) in [6, 6.07) is 1.89. The summed E-state index contributed by atoms with van der Waals surface area (Å²) < 4.78 is 60.7. The molecule has 1 fully saturated rings. The highest BCUT2D eigenvalue weighted by atomic mass is 32.2. The Labute approximate surface area is 113 Å². The van der Waals surface area contributed by atoms with Crippen LogP contribution in [0.15, 0.2) is 15.7 Å². The van der Waals surface area contributed by atoms with Crippen molar-refractivity contribution in [1.29, 1.82) is 0 Å². The van der Waals surface area contributed by atoms with Gasteiger partial charge in [-0.25, -0.2) is 13.1 Å². The van der Waals surface area contributed by atoms with Gasteiger partial charge in [0.15, 0.2) is 0 Å². The van der Waals surface area contributed by atoms with Crippen LogP contribution in [0.25, 0.3) is 0 Å². The van der Waals surface area contributed by atoms with Crippen molar-refractivity contribution < 1.29 is 21.6 Å². The highest BCUT2D eigenvalue weighted by molar-refractivity contribution is 7.91. The second-order valence-corrected chi connectivity index (χ2v) is 7.27. The maximum Gasteiger partial charge on any atom is 0.402 e. The van der Waals surface area contributed by atoms with Crippen LogP contribution in [0.1, 0.15) is 18.4 Å². The largest absolute Gasteiger partial charge is 0.402 e. The van der Waals surface area contributed by atoms with Crippen LogP contribution in [0.4, 0.5) is 13.2 Å². The molecule has 1 aliphatic carbocycles. The van der Waals surface area contributed by atoms with Gasteiger partial charge in [-0.3, -0.25) is 0 Å². The van der Waals surface area contributed by atoms with Crippen molar-refractivity contribution in [2.45, 2.75) is 35.8 Å². The van der Waals surface area contributed by atoms with Crippen molar-refractivity contribution in [3.8, 4) is 0 Å². The molecule has 0 radical (unpaired) electrons. The fraction of sp³-hybridized carbons (Fsp3) is 0.600. The second-order valence-electron chi connectivity index (χ2n) is 4.37. The minimum atomic E-state index is -4.55. The minimum Gasteiger partial charge on any atom is -0.310 e. The summed E-state index contributed by atoms with van der Waals surface area (Å²) in [6.45, 7) is -1.02. The van der Waals surface area contributed by atoms with E-state index in [0.717, 1.165) is 29.7 Å². The molecule has 1 saturated carbocycles. The van der Waals surface area contributed by atoms with Gasteiger partial charge in [-0.05, 0) is 29.9 Å². The van der Waals surface area contributed by atoms with Crippen molar-refractivity contribution in [2.75, 3.05) is 6.54 Å². The monoisotopic (exact) mass is 314 g/mol. The fourth-order valence-electron chi connectivity index (χ4n) is 1.38. The summed E-state index contributed by atoms with van der Waals surface area (Å²) in [4.78, 5) is 0. The van der Waals surface area contributed by atoms with Gasteiger partial charge in [0.25, 0.3) is 0 Å². The molecule has 1 heterocycles. The van der Waals surface area contributed by atoms with Crippen LogP contribution in [0.2, 0.25) is 0 Å². The molecular weight excluding hydrogens is 301 g/mol. The molecule has 0 amide bonds. The second kappa shape index (κ2) is 5.39. The molecule has 19 heavy (non-hydrogen) atoms. The number of thiophene rings is 1. The van der Waals surface area contributed by atoms with E-state index in [1.54, 1.807) is 10.1 Å². The van der Waals surface area contributed by atoms with Crippen LogP contribution >= 0.6 is 11.3 Å². The predicted octanol–water partition coefficient (Wildman–Crippen LogP) is 1.84. The first-order valence-electron chi connectivity index (χ1n) is 5.63. The Bertz CT molecular complexity index is 535. The number of hydrogen-bond donors (Lipinski definition) is 2. The zero-order valence-corrected chi connectivity index (χ0v) is 11.5. The summed E-state index contributed by atoms with van der Waals surface area (Å²) in [5, 5.41) is 4.84. The predicted molar refractivity (Wildman–Crippen MR) is 65.4 cm³/mol. The van der Waals surface area contributed by atoms with Crippen molar-refractivity contribution in [3.63, 3.8) is 0 Å². The highest BCUT2D eigenvalue weighted by Gasteiger charge is 2.30. The van der Waals surface area contributed by atoms with Gasteiger partial charge in [-0.15, -0.1) is 11.3 Å². The molecule has 9 heteroatoms. The molecule has 0 aliphatic heterocycles. The normalized spacial score (nSPS) is 16.8. The molecule has 2 rings (SSSR count). The average Bonchev–Trinajstić information content (AvgIpc) is 3.00. The number of halogens is 3. The Morgan fingerprint density at radius 1 is 1.37 bits per heavy atom. The van der Waals surface area contributed by atoms with E-state index in [-0.39, 0.29) is 4.21 Å². The molecule has 0 spiro atoms. The minimum absolute atomic E-state index is 0.0932. The van der Waals surface area contributed by atoms with Crippen LogP contribution in [-0.2, 0) is 16.6 Å². The molecule has 2 N–H and O–H groups in total. The molecule has 0 atom stereocenters. The van der Waals surface area contributed by atoms with Gasteiger partial charge < -0.3 is 5.32 Å². The number of rotatable bonds is 6. The molecule has 1 aliphatic rings. The smallest absolute Gasteiger partial charge is 0.310 e. The number of alkyl halides is 3. The van der Waals surface area contributed by atoms with Crippen LogP contribution in [0.5, 0.6) is 0 Å². The van der Waals surface area contributed by atoms with Crippen molar-refractivity contribution >= 4 is 21.4 Å². The lowest BCUT2D eigenvalue weighted by Crippen LogP contribution is -2.33. The summed E-state index contributed by atoms with van der Waals surface area (Å²) in [7, 11) is -4.07. The van der Waals surface area contributed by atoms with Crippen LogP contribution in [-0.4, -0.2) is 27.2 Å². The lowest BCUT2D eigenvalue weighted by molar-refractivity contribution is -0.121. The van der Waals surface area contributed by atoms with E-state index in [0.29, 0.717) is 12.6 Å². The number of sulfonamides is 1. The van der Waals surface area contributed by atoms with Crippen LogP contribution in [0.3, 0.4) is 0 Å². The van der Waals surface area contributed by atoms with Gasteiger partial charge in [-0.1, -0.05) is 0 Å². The van der Waals surface area contributed by atoms with Gasteiger partial charge in [0, 0.05) is 12.6 Å². The Morgan fingerprint density at radius 2 is 2.05 bits per heavy atom. The van der Waals surface area contributed by atoms with Crippen molar-refractivity contribution in [3.05, 3.63) is 17.0 Å². The van der Waals surface area contributed by atoms with Gasteiger partial charge in [0.05, 0.1) is 0 Å². The van der Waals surface area contributed by atoms with Crippen molar-refractivity contribution in [2.24, 2.45) is 0 Å². The first kappa shape index (κ1) is 14.8. The maximum absolute atomic E-state index is 12.0. The van der Waals surface area contributed by atoms with Gasteiger partial charge >= 0.3 is 6.18 Å². The van der Waals surface area contributed by atoms with E-state index in [4.69, 9.17) is 0 Å².